The van der Waals surface area contributed by atoms with E-state index in [4.69, 9.17) is 4.74 Å². The van der Waals surface area contributed by atoms with E-state index in [1.807, 2.05) is 62.6 Å². The normalized spacial score (nSPS) is 15.2. The molecule has 28 heavy (non-hydrogen) atoms. The second-order valence-corrected chi connectivity index (χ2v) is 7.25. The minimum atomic E-state index is -0.472. The van der Waals surface area contributed by atoms with E-state index in [9.17, 15) is 4.79 Å². The Morgan fingerprint density at radius 2 is 2.21 bits per heavy atom. The van der Waals surface area contributed by atoms with Crippen LogP contribution in [0.15, 0.2) is 69.0 Å². The van der Waals surface area contributed by atoms with E-state index in [0.29, 0.717) is 11.4 Å². The van der Waals surface area contributed by atoms with E-state index < -0.39 is 6.10 Å². The lowest BCUT2D eigenvalue weighted by Crippen LogP contribution is -2.20. The fourth-order valence-electron chi connectivity index (χ4n) is 2.80. The Morgan fingerprint density at radius 3 is 3.04 bits per heavy atom. The second kappa shape index (κ2) is 9.46. The second-order valence-electron chi connectivity index (χ2n) is 6.34. The van der Waals surface area contributed by atoms with E-state index in [1.165, 1.54) is 6.07 Å². The van der Waals surface area contributed by atoms with Crippen molar-refractivity contribution in [2.75, 3.05) is 0 Å². The highest BCUT2D eigenvalue weighted by Crippen LogP contribution is 2.29. The SMILES string of the molecule is C\C=C/C=C(Br)\C=C\n1ccc(=O)c(C(C)Oc2ccc3c(c2)CCC=N3)n1. The molecular formula is C22H22BrN3O2. The third-order valence-corrected chi connectivity index (χ3v) is 4.74. The molecule has 0 aliphatic carbocycles. The molecule has 0 amide bonds. The Labute approximate surface area is 172 Å². The van der Waals surface area contributed by atoms with Gasteiger partial charge < -0.3 is 4.74 Å². The predicted molar refractivity (Wildman–Crippen MR) is 118 cm³/mol. The van der Waals surface area contributed by atoms with Gasteiger partial charge in [0.05, 0.1) is 5.69 Å². The molecule has 0 radical (unpaired) electrons. The van der Waals surface area contributed by atoms with E-state index >= 15 is 0 Å². The summed E-state index contributed by atoms with van der Waals surface area (Å²) in [6, 6.07) is 7.31. The van der Waals surface area contributed by atoms with Crippen molar-refractivity contribution in [2.45, 2.75) is 32.8 Å². The van der Waals surface area contributed by atoms with Gasteiger partial charge in [-0.3, -0.25) is 9.79 Å². The van der Waals surface area contributed by atoms with Gasteiger partial charge in [0.15, 0.2) is 0 Å². The molecule has 0 spiro atoms. The van der Waals surface area contributed by atoms with Crippen molar-refractivity contribution in [2.24, 2.45) is 4.99 Å². The van der Waals surface area contributed by atoms with Gasteiger partial charge in [-0.05, 0) is 62.6 Å². The maximum absolute atomic E-state index is 12.3. The number of aliphatic imine (C=N–C) groups is 1. The van der Waals surface area contributed by atoms with Gasteiger partial charge in [-0.25, -0.2) is 4.68 Å². The Balaban J connectivity index is 1.78. The molecule has 0 N–H and O–H groups in total. The van der Waals surface area contributed by atoms with E-state index in [1.54, 1.807) is 17.1 Å². The van der Waals surface area contributed by atoms with Gasteiger partial charge >= 0.3 is 0 Å². The molecule has 0 saturated carbocycles. The van der Waals surface area contributed by atoms with E-state index in [-0.39, 0.29) is 5.43 Å². The van der Waals surface area contributed by atoms with Gasteiger partial charge in [0, 0.05) is 29.2 Å². The third-order valence-electron chi connectivity index (χ3n) is 4.21. The maximum atomic E-state index is 12.3. The maximum Gasteiger partial charge on any atom is 0.207 e. The van der Waals surface area contributed by atoms with E-state index in [0.717, 1.165) is 28.6 Å². The molecule has 5 nitrogen and oxygen atoms in total. The molecule has 0 fully saturated rings. The van der Waals surface area contributed by atoms with Crippen molar-refractivity contribution in [3.8, 4) is 5.75 Å². The van der Waals surface area contributed by atoms with Crippen molar-refractivity contribution in [1.29, 1.82) is 0 Å². The number of allylic oxidation sites excluding steroid dienone is 5. The van der Waals surface area contributed by atoms with Gasteiger partial charge in [-0.1, -0.05) is 28.1 Å². The Bertz CT molecular complexity index is 1020. The standard InChI is InChI=1S/C22H22BrN3O2/c1-3-4-7-18(23)10-13-26-14-11-21(27)22(25-26)16(2)28-19-8-9-20-17(15-19)6-5-12-24-20/h3-4,7-16H,5-6H2,1-2H3/b4-3-,13-10+,18-7+. The number of aromatic nitrogens is 2. The summed E-state index contributed by atoms with van der Waals surface area (Å²) in [6.45, 7) is 3.78. The molecule has 2 heterocycles. The Kier molecular flexibility index (Phi) is 6.76. The molecule has 144 valence electrons. The van der Waals surface area contributed by atoms with Crippen molar-refractivity contribution < 1.29 is 4.74 Å². The van der Waals surface area contributed by atoms with Gasteiger partial charge in [0.2, 0.25) is 5.43 Å². The van der Waals surface area contributed by atoms with Gasteiger partial charge in [0.25, 0.3) is 0 Å². The number of hydrogen-bond donors (Lipinski definition) is 0. The summed E-state index contributed by atoms with van der Waals surface area (Å²) in [5, 5.41) is 4.41. The Morgan fingerprint density at radius 1 is 1.36 bits per heavy atom. The lowest BCUT2D eigenvalue weighted by atomic mass is 10.1. The quantitative estimate of drug-likeness (QED) is 0.569. The molecule has 6 heteroatoms. The summed E-state index contributed by atoms with van der Waals surface area (Å²) in [4.78, 5) is 16.7. The highest BCUT2D eigenvalue weighted by atomic mass is 79.9. The fraction of sp³-hybridized carbons (Fsp3) is 0.227. The first-order valence-electron chi connectivity index (χ1n) is 9.15. The highest BCUT2D eigenvalue weighted by Gasteiger charge is 2.15. The first kappa shape index (κ1) is 20.0. The number of benzene rings is 1. The van der Waals surface area contributed by atoms with Crippen LogP contribution in [0.5, 0.6) is 5.75 Å². The lowest BCUT2D eigenvalue weighted by Gasteiger charge is -2.16. The van der Waals surface area contributed by atoms with Crippen LogP contribution in [-0.4, -0.2) is 16.0 Å². The smallest absolute Gasteiger partial charge is 0.207 e. The lowest BCUT2D eigenvalue weighted by molar-refractivity contribution is 0.218. The van der Waals surface area contributed by atoms with Crippen LogP contribution in [0.3, 0.4) is 0 Å². The van der Waals surface area contributed by atoms with Crippen LogP contribution >= 0.6 is 15.9 Å². The van der Waals surface area contributed by atoms with Gasteiger partial charge in [0.1, 0.15) is 17.5 Å². The zero-order chi connectivity index (χ0) is 19.9. The Hall–Kier alpha value is -2.73. The molecule has 2 aromatic rings. The van der Waals surface area contributed by atoms with Gasteiger partial charge in [-0.2, -0.15) is 5.10 Å². The van der Waals surface area contributed by atoms with Crippen LogP contribution in [0.1, 0.15) is 37.6 Å². The minimum absolute atomic E-state index is 0.150. The van der Waals surface area contributed by atoms with E-state index in [2.05, 4.69) is 26.0 Å². The molecular weight excluding hydrogens is 418 g/mol. The predicted octanol–water partition coefficient (Wildman–Crippen LogP) is 5.36. The average Bonchev–Trinajstić information content (AvgIpc) is 2.71. The molecule has 1 unspecified atom stereocenters. The summed E-state index contributed by atoms with van der Waals surface area (Å²) < 4.78 is 8.50. The summed E-state index contributed by atoms with van der Waals surface area (Å²) in [7, 11) is 0. The molecule has 3 rings (SSSR count). The molecule has 1 aliphatic rings. The van der Waals surface area contributed by atoms with Crippen LogP contribution < -0.4 is 10.2 Å². The number of halogens is 1. The molecule has 0 bridgehead atoms. The van der Waals surface area contributed by atoms with Crippen molar-refractivity contribution >= 4 is 34.0 Å². The third kappa shape index (κ3) is 5.16. The summed E-state index contributed by atoms with van der Waals surface area (Å²) in [5.74, 6) is 0.715. The monoisotopic (exact) mass is 439 g/mol. The molecule has 1 aliphatic heterocycles. The van der Waals surface area contributed by atoms with Crippen LogP contribution in [0.25, 0.3) is 6.20 Å². The first-order valence-corrected chi connectivity index (χ1v) is 9.94. The van der Waals surface area contributed by atoms with Crippen molar-refractivity contribution in [3.63, 3.8) is 0 Å². The topological polar surface area (TPSA) is 56.5 Å². The summed E-state index contributed by atoms with van der Waals surface area (Å²) >= 11 is 3.46. The first-order chi connectivity index (χ1) is 13.6. The average molecular weight is 440 g/mol. The van der Waals surface area contributed by atoms with Crippen LogP contribution in [-0.2, 0) is 6.42 Å². The number of rotatable bonds is 6. The number of aryl methyl sites for hydroxylation is 1. The summed E-state index contributed by atoms with van der Waals surface area (Å²) in [5.41, 5.74) is 2.35. The number of ether oxygens (including phenoxy) is 1. The zero-order valence-corrected chi connectivity index (χ0v) is 17.5. The van der Waals surface area contributed by atoms with Crippen LogP contribution in [0, 0.1) is 0 Å². The number of hydrogen-bond acceptors (Lipinski definition) is 4. The number of fused-ring (bicyclic) bond motifs is 1. The largest absolute Gasteiger partial charge is 0.484 e. The highest BCUT2D eigenvalue weighted by molar-refractivity contribution is 9.11. The molecule has 0 saturated heterocycles. The van der Waals surface area contributed by atoms with Crippen LogP contribution in [0.4, 0.5) is 5.69 Å². The fourth-order valence-corrected chi connectivity index (χ4v) is 3.07. The molecule has 1 aromatic heterocycles. The molecule has 1 atom stereocenters. The summed E-state index contributed by atoms with van der Waals surface area (Å²) in [6.07, 6.45) is 14.4. The number of nitrogens with zero attached hydrogens (tertiary/aromatic N) is 3. The molecule has 1 aromatic carbocycles. The van der Waals surface area contributed by atoms with Crippen molar-refractivity contribution in [1.82, 2.24) is 9.78 Å². The minimum Gasteiger partial charge on any atom is -0.484 e. The van der Waals surface area contributed by atoms with Gasteiger partial charge in [-0.15, -0.1) is 0 Å². The van der Waals surface area contributed by atoms with Crippen molar-refractivity contribution in [3.05, 3.63) is 80.7 Å². The van der Waals surface area contributed by atoms with Crippen LogP contribution in [0.2, 0.25) is 0 Å². The zero-order valence-electron chi connectivity index (χ0n) is 15.9.